The molecule has 6 heteroatoms. The fourth-order valence-electron chi connectivity index (χ4n) is 2.73. The lowest BCUT2D eigenvalue weighted by molar-refractivity contribution is 0.365. The Hall–Kier alpha value is -1.87. The molecule has 108 valence electrons. The quantitative estimate of drug-likeness (QED) is 0.839. The average molecular weight is 346 g/mol. The van der Waals surface area contributed by atoms with E-state index in [1.54, 1.807) is 0 Å². The molecule has 3 rings (SSSR count). The number of nitrogens with zero attached hydrogens (tertiary/aromatic N) is 5. The fraction of sp³-hybridized carbons (Fsp3) is 0.400. The van der Waals surface area contributed by atoms with Crippen LogP contribution in [0.15, 0.2) is 29.0 Å². The molecule has 0 N–H and O–H groups in total. The van der Waals surface area contributed by atoms with Crippen LogP contribution in [0.25, 0.3) is 0 Å². The molecule has 0 aromatic carbocycles. The lowest BCUT2D eigenvalue weighted by atomic mass is 10.0. The van der Waals surface area contributed by atoms with Gasteiger partial charge in [0.1, 0.15) is 11.9 Å². The highest BCUT2D eigenvalue weighted by atomic mass is 79.9. The summed E-state index contributed by atoms with van der Waals surface area (Å²) in [6, 6.07) is 6.40. The predicted octanol–water partition coefficient (Wildman–Crippen LogP) is 3.06. The first-order chi connectivity index (χ1) is 10.2. The van der Waals surface area contributed by atoms with Gasteiger partial charge >= 0.3 is 0 Å². The van der Waals surface area contributed by atoms with Gasteiger partial charge in [0.15, 0.2) is 0 Å². The minimum absolute atomic E-state index is 0.419. The highest BCUT2D eigenvalue weighted by Gasteiger charge is 2.23. The third-order valence-electron chi connectivity index (χ3n) is 3.84. The van der Waals surface area contributed by atoms with Crippen molar-refractivity contribution in [2.75, 3.05) is 18.0 Å². The summed E-state index contributed by atoms with van der Waals surface area (Å²) in [5.41, 5.74) is 1.60. The maximum absolute atomic E-state index is 9.24. The minimum atomic E-state index is 0.419. The average Bonchev–Trinajstić information content (AvgIpc) is 2.94. The molecule has 0 saturated carbocycles. The summed E-state index contributed by atoms with van der Waals surface area (Å²) in [4.78, 5) is 6.75. The van der Waals surface area contributed by atoms with Gasteiger partial charge in [-0.3, -0.25) is 4.68 Å². The van der Waals surface area contributed by atoms with Gasteiger partial charge in [0.05, 0.1) is 22.3 Å². The van der Waals surface area contributed by atoms with Crippen LogP contribution in [0.5, 0.6) is 0 Å². The summed E-state index contributed by atoms with van der Waals surface area (Å²) in [6.07, 6.45) is 5.86. The largest absolute Gasteiger partial charge is 0.355 e. The molecular weight excluding hydrogens is 330 g/mol. The summed E-state index contributed by atoms with van der Waals surface area (Å²) in [5, 5.41) is 13.6. The van der Waals surface area contributed by atoms with Crippen molar-refractivity contribution in [1.29, 1.82) is 5.26 Å². The summed E-state index contributed by atoms with van der Waals surface area (Å²) >= 11 is 3.43. The predicted molar refractivity (Wildman–Crippen MR) is 84.1 cm³/mol. The van der Waals surface area contributed by atoms with E-state index in [0.717, 1.165) is 41.9 Å². The Kier molecular flexibility index (Phi) is 3.93. The van der Waals surface area contributed by atoms with E-state index >= 15 is 0 Å². The zero-order valence-electron chi connectivity index (χ0n) is 11.8. The third-order valence-corrected chi connectivity index (χ3v) is 4.25. The van der Waals surface area contributed by atoms with Crippen molar-refractivity contribution in [2.24, 2.45) is 0 Å². The van der Waals surface area contributed by atoms with E-state index < -0.39 is 0 Å². The standard InChI is InChI=1S/C15H16BrN5/c1-11-2-3-12(8-17)15(19-11)20-6-4-14(5-7-20)21-10-13(16)9-18-21/h2-3,9-10,14H,4-7H2,1H3. The number of hydrogen-bond donors (Lipinski definition) is 0. The first-order valence-electron chi connectivity index (χ1n) is 6.99. The Morgan fingerprint density at radius 1 is 1.33 bits per heavy atom. The normalized spacial score (nSPS) is 16.0. The number of anilines is 1. The molecule has 2 aromatic heterocycles. The van der Waals surface area contributed by atoms with E-state index in [4.69, 9.17) is 0 Å². The van der Waals surface area contributed by atoms with Crippen LogP contribution < -0.4 is 4.90 Å². The first kappa shape index (κ1) is 14.1. The summed E-state index contributed by atoms with van der Waals surface area (Å²) in [5.74, 6) is 0.817. The Balaban J connectivity index is 1.74. The van der Waals surface area contributed by atoms with Crippen molar-refractivity contribution in [3.8, 4) is 6.07 Å². The number of pyridine rings is 1. The monoisotopic (exact) mass is 345 g/mol. The number of aromatic nitrogens is 3. The summed E-state index contributed by atoms with van der Waals surface area (Å²) in [6.45, 7) is 3.75. The van der Waals surface area contributed by atoms with Gasteiger partial charge in [0.2, 0.25) is 0 Å². The van der Waals surface area contributed by atoms with Crippen molar-refractivity contribution in [3.05, 3.63) is 40.3 Å². The van der Waals surface area contributed by atoms with Gasteiger partial charge in [-0.05, 0) is 47.8 Å². The van der Waals surface area contributed by atoms with Gasteiger partial charge in [0.25, 0.3) is 0 Å². The SMILES string of the molecule is Cc1ccc(C#N)c(N2CCC(n3cc(Br)cn3)CC2)n1. The van der Waals surface area contributed by atoms with E-state index in [-0.39, 0.29) is 0 Å². The van der Waals surface area contributed by atoms with Crippen molar-refractivity contribution >= 4 is 21.7 Å². The second kappa shape index (κ2) is 5.86. The maximum atomic E-state index is 9.24. The zero-order chi connectivity index (χ0) is 14.8. The van der Waals surface area contributed by atoms with Gasteiger partial charge in [-0.15, -0.1) is 0 Å². The molecule has 2 aromatic rings. The van der Waals surface area contributed by atoms with Crippen molar-refractivity contribution < 1.29 is 0 Å². The van der Waals surface area contributed by atoms with Crippen LogP contribution in [-0.4, -0.2) is 27.9 Å². The number of piperidine rings is 1. The van der Waals surface area contributed by atoms with Crippen LogP contribution in [0, 0.1) is 18.3 Å². The molecule has 0 unspecified atom stereocenters. The molecule has 3 heterocycles. The molecule has 5 nitrogen and oxygen atoms in total. The molecule has 0 bridgehead atoms. The Bertz CT molecular complexity index is 680. The van der Waals surface area contributed by atoms with Crippen molar-refractivity contribution in [1.82, 2.24) is 14.8 Å². The Morgan fingerprint density at radius 2 is 2.10 bits per heavy atom. The Morgan fingerprint density at radius 3 is 2.71 bits per heavy atom. The molecule has 1 aliphatic rings. The number of rotatable bonds is 2. The first-order valence-corrected chi connectivity index (χ1v) is 7.79. The van der Waals surface area contributed by atoms with E-state index in [1.807, 2.05) is 36.1 Å². The highest BCUT2D eigenvalue weighted by molar-refractivity contribution is 9.10. The van der Waals surface area contributed by atoms with Gasteiger partial charge in [0, 0.05) is 25.0 Å². The molecular formula is C15H16BrN5. The topological polar surface area (TPSA) is 57.7 Å². The summed E-state index contributed by atoms with van der Waals surface area (Å²) < 4.78 is 3.04. The maximum Gasteiger partial charge on any atom is 0.146 e. The number of nitriles is 1. The van der Waals surface area contributed by atoms with Gasteiger partial charge in [-0.2, -0.15) is 10.4 Å². The van der Waals surface area contributed by atoms with Crippen LogP contribution in [0.2, 0.25) is 0 Å². The second-order valence-corrected chi connectivity index (χ2v) is 6.21. The van der Waals surface area contributed by atoms with Crippen molar-refractivity contribution in [3.63, 3.8) is 0 Å². The molecule has 0 spiro atoms. The lowest BCUT2D eigenvalue weighted by Gasteiger charge is -2.33. The fourth-order valence-corrected chi connectivity index (χ4v) is 3.03. The number of hydrogen-bond acceptors (Lipinski definition) is 4. The van der Waals surface area contributed by atoms with Gasteiger partial charge < -0.3 is 4.90 Å². The van der Waals surface area contributed by atoms with Crippen LogP contribution in [0.4, 0.5) is 5.82 Å². The molecule has 0 amide bonds. The molecule has 1 aliphatic heterocycles. The molecule has 0 aliphatic carbocycles. The van der Waals surface area contributed by atoms with Gasteiger partial charge in [-0.25, -0.2) is 4.98 Å². The third kappa shape index (κ3) is 2.93. The van der Waals surface area contributed by atoms with Crippen LogP contribution >= 0.6 is 15.9 Å². The van der Waals surface area contributed by atoms with Crippen LogP contribution in [0.3, 0.4) is 0 Å². The highest BCUT2D eigenvalue weighted by Crippen LogP contribution is 2.27. The number of aryl methyl sites for hydroxylation is 1. The molecule has 0 radical (unpaired) electrons. The van der Waals surface area contributed by atoms with Gasteiger partial charge in [-0.1, -0.05) is 0 Å². The van der Waals surface area contributed by atoms with Crippen LogP contribution in [0.1, 0.15) is 30.1 Å². The van der Waals surface area contributed by atoms with Crippen LogP contribution in [-0.2, 0) is 0 Å². The second-order valence-electron chi connectivity index (χ2n) is 5.29. The van der Waals surface area contributed by atoms with E-state index in [9.17, 15) is 5.26 Å². The van der Waals surface area contributed by atoms with E-state index in [0.29, 0.717) is 11.6 Å². The minimum Gasteiger partial charge on any atom is -0.355 e. The summed E-state index contributed by atoms with van der Waals surface area (Å²) in [7, 11) is 0. The lowest BCUT2D eigenvalue weighted by Crippen LogP contribution is -2.35. The molecule has 21 heavy (non-hydrogen) atoms. The van der Waals surface area contributed by atoms with Crippen molar-refractivity contribution in [2.45, 2.75) is 25.8 Å². The molecule has 1 fully saturated rings. The smallest absolute Gasteiger partial charge is 0.146 e. The zero-order valence-corrected chi connectivity index (χ0v) is 13.4. The Labute approximate surface area is 132 Å². The van der Waals surface area contributed by atoms with E-state index in [1.165, 1.54) is 0 Å². The number of halogens is 1. The molecule has 1 saturated heterocycles. The van der Waals surface area contributed by atoms with E-state index in [2.05, 4.69) is 37.0 Å². The molecule has 0 atom stereocenters.